The molecule has 1 aliphatic heterocycles. The van der Waals surface area contributed by atoms with Gasteiger partial charge in [0.2, 0.25) is 0 Å². The minimum atomic E-state index is -0.228. The Bertz CT molecular complexity index is 1200. The molecule has 0 saturated carbocycles. The first-order valence-corrected chi connectivity index (χ1v) is 9.19. The number of hydrogen-bond donors (Lipinski definition) is 3. The highest BCUT2D eigenvalue weighted by Crippen LogP contribution is 2.35. The smallest absolute Gasteiger partial charge is 0.258 e. The van der Waals surface area contributed by atoms with Gasteiger partial charge in [0.05, 0.1) is 17.1 Å². The van der Waals surface area contributed by atoms with Gasteiger partial charge in [-0.15, -0.1) is 0 Å². The number of benzene rings is 2. The molecule has 6 nitrogen and oxygen atoms in total. The molecule has 28 heavy (non-hydrogen) atoms. The van der Waals surface area contributed by atoms with E-state index in [4.69, 9.17) is 4.98 Å². The summed E-state index contributed by atoms with van der Waals surface area (Å²) in [4.78, 5) is 20.4. The number of H-pyrrole nitrogens is 2. The van der Waals surface area contributed by atoms with Crippen molar-refractivity contribution in [2.75, 3.05) is 13.1 Å². The van der Waals surface area contributed by atoms with Crippen molar-refractivity contribution in [3.63, 3.8) is 0 Å². The molecule has 0 spiro atoms. The SMILES string of the molecule is O=c1[nH]c(C2CNCC2c2ccccc2F)nc2ccc(-c3cn[nH]c3)cc12. The van der Waals surface area contributed by atoms with E-state index in [-0.39, 0.29) is 23.2 Å². The van der Waals surface area contributed by atoms with Crippen LogP contribution in [0.5, 0.6) is 0 Å². The van der Waals surface area contributed by atoms with Gasteiger partial charge in [0, 0.05) is 36.7 Å². The molecule has 0 bridgehead atoms. The number of nitrogens with one attached hydrogen (secondary N) is 3. The van der Waals surface area contributed by atoms with E-state index in [2.05, 4.69) is 20.5 Å². The maximum absolute atomic E-state index is 14.3. The maximum Gasteiger partial charge on any atom is 0.258 e. The van der Waals surface area contributed by atoms with Gasteiger partial charge < -0.3 is 10.3 Å². The quantitative estimate of drug-likeness (QED) is 0.514. The van der Waals surface area contributed by atoms with E-state index in [1.165, 1.54) is 6.07 Å². The Labute approximate surface area is 159 Å². The Morgan fingerprint density at radius 2 is 1.89 bits per heavy atom. The lowest BCUT2D eigenvalue weighted by Crippen LogP contribution is -2.19. The van der Waals surface area contributed by atoms with Crippen LogP contribution < -0.4 is 10.9 Å². The Morgan fingerprint density at radius 3 is 2.71 bits per heavy atom. The molecule has 2 aromatic heterocycles. The lowest BCUT2D eigenvalue weighted by Gasteiger charge is -2.19. The van der Waals surface area contributed by atoms with E-state index < -0.39 is 0 Å². The molecule has 2 unspecified atom stereocenters. The van der Waals surface area contributed by atoms with Crippen LogP contribution in [0.1, 0.15) is 23.2 Å². The molecular weight excluding hydrogens is 357 g/mol. The minimum Gasteiger partial charge on any atom is -0.315 e. The second-order valence-corrected chi connectivity index (χ2v) is 7.06. The van der Waals surface area contributed by atoms with Gasteiger partial charge in [-0.1, -0.05) is 24.3 Å². The third-order valence-corrected chi connectivity index (χ3v) is 5.43. The summed E-state index contributed by atoms with van der Waals surface area (Å²) in [5.41, 5.74) is 2.89. The largest absolute Gasteiger partial charge is 0.315 e. The molecule has 7 heteroatoms. The number of fused-ring (bicyclic) bond motifs is 1. The van der Waals surface area contributed by atoms with E-state index >= 15 is 0 Å². The number of aromatic nitrogens is 4. The zero-order valence-corrected chi connectivity index (χ0v) is 14.9. The van der Waals surface area contributed by atoms with Crippen molar-refractivity contribution in [1.82, 2.24) is 25.5 Å². The molecule has 2 aromatic carbocycles. The maximum atomic E-state index is 14.3. The van der Waals surface area contributed by atoms with Crippen molar-refractivity contribution < 1.29 is 4.39 Å². The fourth-order valence-electron chi connectivity index (χ4n) is 3.99. The molecule has 0 radical (unpaired) electrons. The van der Waals surface area contributed by atoms with Crippen molar-refractivity contribution in [1.29, 1.82) is 0 Å². The number of nitrogens with zero attached hydrogens (tertiary/aromatic N) is 2. The van der Waals surface area contributed by atoms with E-state index in [0.29, 0.717) is 35.4 Å². The Hall–Kier alpha value is -3.32. The monoisotopic (exact) mass is 375 g/mol. The van der Waals surface area contributed by atoms with Crippen LogP contribution in [-0.2, 0) is 0 Å². The van der Waals surface area contributed by atoms with Gasteiger partial charge in [-0.3, -0.25) is 9.89 Å². The summed E-state index contributed by atoms with van der Waals surface area (Å²) in [7, 11) is 0. The summed E-state index contributed by atoms with van der Waals surface area (Å²) in [6, 6.07) is 12.4. The summed E-state index contributed by atoms with van der Waals surface area (Å²) in [5.74, 6) is 0.190. The van der Waals surface area contributed by atoms with Crippen LogP contribution in [0.15, 0.2) is 59.7 Å². The second kappa shape index (κ2) is 6.69. The minimum absolute atomic E-state index is 0.0768. The lowest BCUT2D eigenvalue weighted by molar-refractivity contribution is 0.558. The second-order valence-electron chi connectivity index (χ2n) is 7.06. The van der Waals surface area contributed by atoms with Gasteiger partial charge in [0.1, 0.15) is 11.6 Å². The molecule has 3 N–H and O–H groups in total. The third-order valence-electron chi connectivity index (χ3n) is 5.43. The Balaban J connectivity index is 1.57. The predicted octanol–water partition coefficient (Wildman–Crippen LogP) is 2.92. The van der Waals surface area contributed by atoms with Crippen molar-refractivity contribution in [2.45, 2.75) is 11.8 Å². The number of aromatic amines is 2. The van der Waals surface area contributed by atoms with E-state index in [0.717, 1.165) is 11.1 Å². The molecule has 0 amide bonds. The van der Waals surface area contributed by atoms with Crippen LogP contribution in [0.25, 0.3) is 22.0 Å². The number of hydrogen-bond acceptors (Lipinski definition) is 4. The summed E-state index contributed by atoms with van der Waals surface area (Å²) in [6.45, 7) is 1.29. The first-order valence-electron chi connectivity index (χ1n) is 9.19. The predicted molar refractivity (Wildman–Crippen MR) is 105 cm³/mol. The highest BCUT2D eigenvalue weighted by atomic mass is 19.1. The zero-order chi connectivity index (χ0) is 19.1. The van der Waals surface area contributed by atoms with E-state index in [1.807, 2.05) is 24.3 Å². The van der Waals surface area contributed by atoms with Crippen molar-refractivity contribution in [3.05, 3.63) is 82.4 Å². The van der Waals surface area contributed by atoms with Crippen molar-refractivity contribution in [3.8, 4) is 11.1 Å². The fraction of sp³-hybridized carbons (Fsp3) is 0.190. The zero-order valence-electron chi connectivity index (χ0n) is 14.9. The summed E-state index contributed by atoms with van der Waals surface area (Å²) in [5, 5.41) is 10.5. The van der Waals surface area contributed by atoms with Gasteiger partial charge >= 0.3 is 0 Å². The molecular formula is C21H18FN5O. The summed E-state index contributed by atoms with van der Waals surface area (Å²) in [6.07, 6.45) is 3.49. The van der Waals surface area contributed by atoms with Crippen LogP contribution in [-0.4, -0.2) is 33.3 Å². The topological polar surface area (TPSA) is 86.5 Å². The first kappa shape index (κ1) is 16.8. The Morgan fingerprint density at radius 1 is 1.04 bits per heavy atom. The molecule has 4 aromatic rings. The highest BCUT2D eigenvalue weighted by molar-refractivity contribution is 5.83. The molecule has 3 heterocycles. The Kier molecular flexibility index (Phi) is 4.02. The van der Waals surface area contributed by atoms with Gasteiger partial charge in [-0.05, 0) is 29.3 Å². The lowest BCUT2D eigenvalue weighted by atomic mass is 9.88. The van der Waals surface area contributed by atoms with Gasteiger partial charge in [-0.2, -0.15) is 5.10 Å². The molecule has 140 valence electrons. The van der Waals surface area contributed by atoms with Gasteiger partial charge in [0.25, 0.3) is 5.56 Å². The van der Waals surface area contributed by atoms with Crippen molar-refractivity contribution >= 4 is 10.9 Å². The standard InChI is InChI=1S/C21H18FN5O/c22-18-4-2-1-3-14(18)16-10-23-11-17(16)20-26-19-6-5-12(13-8-24-25-9-13)7-15(19)21(28)27-20/h1-9,16-17,23H,10-11H2,(H,24,25)(H,26,27,28). The summed E-state index contributed by atoms with van der Waals surface area (Å²) >= 11 is 0. The molecule has 5 rings (SSSR count). The number of rotatable bonds is 3. The fourth-order valence-corrected chi connectivity index (χ4v) is 3.99. The molecule has 1 saturated heterocycles. The first-order chi connectivity index (χ1) is 13.7. The van der Waals surface area contributed by atoms with E-state index in [1.54, 1.807) is 24.5 Å². The van der Waals surface area contributed by atoms with E-state index in [9.17, 15) is 9.18 Å². The molecule has 1 fully saturated rings. The number of halogens is 1. The molecule has 1 aliphatic rings. The third kappa shape index (κ3) is 2.80. The van der Waals surface area contributed by atoms with Gasteiger partial charge in [0.15, 0.2) is 0 Å². The molecule has 0 aliphatic carbocycles. The summed E-state index contributed by atoms with van der Waals surface area (Å²) < 4.78 is 14.3. The van der Waals surface area contributed by atoms with Crippen LogP contribution in [0.3, 0.4) is 0 Å². The van der Waals surface area contributed by atoms with Crippen LogP contribution in [0.4, 0.5) is 4.39 Å². The molecule has 2 atom stereocenters. The normalized spacial score (nSPS) is 19.3. The van der Waals surface area contributed by atoms with Crippen molar-refractivity contribution in [2.24, 2.45) is 0 Å². The van der Waals surface area contributed by atoms with Crippen LogP contribution >= 0.6 is 0 Å². The van der Waals surface area contributed by atoms with Crippen LogP contribution in [0.2, 0.25) is 0 Å². The van der Waals surface area contributed by atoms with Crippen LogP contribution in [0, 0.1) is 5.82 Å². The highest BCUT2D eigenvalue weighted by Gasteiger charge is 2.33. The average Bonchev–Trinajstić information content (AvgIpc) is 3.40. The average molecular weight is 375 g/mol. The van der Waals surface area contributed by atoms with Gasteiger partial charge in [-0.25, -0.2) is 9.37 Å².